The number of fused-ring (bicyclic) bond motifs is 1. The summed E-state index contributed by atoms with van der Waals surface area (Å²) in [5.74, 6) is 0. The Bertz CT molecular complexity index is 1450. The van der Waals surface area contributed by atoms with Gasteiger partial charge >= 0.3 is 0 Å². The van der Waals surface area contributed by atoms with Gasteiger partial charge in [0, 0.05) is 38.3 Å². The average molecular weight is 532 g/mol. The number of nitrogens with one attached hydrogen (secondary N) is 1. The minimum absolute atomic E-state index is 0.557. The van der Waals surface area contributed by atoms with Crippen LogP contribution in [0.1, 0.15) is 32.0 Å². The molecule has 1 heterocycles. The highest BCUT2D eigenvalue weighted by Gasteiger charge is 2.09. The fourth-order valence-corrected chi connectivity index (χ4v) is 5.29. The normalized spacial score (nSPS) is 12.2. The SMILES string of the molecule is C=C(NCCP)c1ccc(CN=C(C=C(N)c2cc(C)cc(Cl)c2)c2ccc3cc(C)ccc3c2)s1. The van der Waals surface area contributed by atoms with Crippen molar-refractivity contribution < 1.29 is 0 Å². The Morgan fingerprint density at radius 2 is 1.78 bits per heavy atom. The molecule has 0 bridgehead atoms. The summed E-state index contributed by atoms with van der Waals surface area (Å²) in [7, 11) is 2.72. The van der Waals surface area contributed by atoms with E-state index in [0.29, 0.717) is 17.3 Å². The highest BCUT2D eigenvalue weighted by molar-refractivity contribution is 7.16. The van der Waals surface area contributed by atoms with Crippen molar-refractivity contribution in [3.8, 4) is 0 Å². The van der Waals surface area contributed by atoms with Crippen LogP contribution in [0.25, 0.3) is 22.2 Å². The van der Waals surface area contributed by atoms with Crippen molar-refractivity contribution in [3.05, 3.63) is 116 Å². The monoisotopic (exact) mass is 531 g/mol. The van der Waals surface area contributed by atoms with Crippen LogP contribution in [0.4, 0.5) is 0 Å². The van der Waals surface area contributed by atoms with Crippen molar-refractivity contribution in [1.29, 1.82) is 0 Å². The van der Waals surface area contributed by atoms with E-state index >= 15 is 0 Å². The molecule has 36 heavy (non-hydrogen) atoms. The van der Waals surface area contributed by atoms with Gasteiger partial charge in [-0.2, -0.15) is 0 Å². The maximum Gasteiger partial charge on any atom is 0.0740 e. The second-order valence-corrected chi connectivity index (χ2v) is 11.0. The van der Waals surface area contributed by atoms with Gasteiger partial charge in [-0.05, 0) is 84.4 Å². The number of halogens is 1. The van der Waals surface area contributed by atoms with E-state index in [2.05, 4.69) is 76.6 Å². The van der Waals surface area contributed by atoms with Crippen molar-refractivity contribution in [2.24, 2.45) is 10.7 Å². The number of hydrogen-bond donors (Lipinski definition) is 2. The molecular formula is C30H31ClN3PS. The lowest BCUT2D eigenvalue weighted by molar-refractivity contribution is 0.956. The molecule has 4 aromatic rings. The van der Waals surface area contributed by atoms with Crippen LogP contribution >= 0.6 is 32.2 Å². The lowest BCUT2D eigenvalue weighted by atomic mass is 10.0. The molecule has 0 aliphatic rings. The molecule has 0 amide bonds. The molecule has 4 rings (SSSR count). The van der Waals surface area contributed by atoms with Gasteiger partial charge < -0.3 is 11.1 Å². The summed E-state index contributed by atoms with van der Waals surface area (Å²) in [4.78, 5) is 7.31. The Labute approximate surface area is 225 Å². The fourth-order valence-electron chi connectivity index (χ4n) is 3.98. The van der Waals surface area contributed by atoms with Gasteiger partial charge in [-0.3, -0.25) is 4.99 Å². The van der Waals surface area contributed by atoms with Crippen LogP contribution in [0.5, 0.6) is 0 Å². The summed E-state index contributed by atoms with van der Waals surface area (Å²) in [6.07, 6.45) is 2.94. The molecule has 3 aromatic carbocycles. The first kappa shape index (κ1) is 26.2. The quantitative estimate of drug-likeness (QED) is 0.172. The smallest absolute Gasteiger partial charge is 0.0740 e. The number of thiophene rings is 1. The second-order valence-electron chi connectivity index (χ2n) is 8.84. The minimum atomic E-state index is 0.557. The van der Waals surface area contributed by atoms with Gasteiger partial charge in [0.1, 0.15) is 0 Å². The van der Waals surface area contributed by atoms with Crippen LogP contribution in [0.3, 0.4) is 0 Å². The molecule has 3 N–H and O–H groups in total. The van der Waals surface area contributed by atoms with Crippen molar-refractivity contribution in [1.82, 2.24) is 5.32 Å². The van der Waals surface area contributed by atoms with Crippen LogP contribution < -0.4 is 11.1 Å². The molecule has 6 heteroatoms. The van der Waals surface area contributed by atoms with E-state index in [1.165, 1.54) is 21.2 Å². The summed E-state index contributed by atoms with van der Waals surface area (Å²) in [6, 6.07) is 23.0. The number of allylic oxidation sites excluding steroid dienone is 1. The first-order valence-corrected chi connectivity index (χ1v) is 13.9. The van der Waals surface area contributed by atoms with Crippen molar-refractivity contribution in [2.45, 2.75) is 20.4 Å². The predicted molar refractivity (Wildman–Crippen MR) is 163 cm³/mol. The van der Waals surface area contributed by atoms with E-state index in [4.69, 9.17) is 22.3 Å². The molecule has 0 radical (unpaired) electrons. The largest absolute Gasteiger partial charge is 0.398 e. The van der Waals surface area contributed by atoms with E-state index < -0.39 is 0 Å². The third kappa shape index (κ3) is 6.64. The number of rotatable bonds is 9. The van der Waals surface area contributed by atoms with E-state index in [0.717, 1.165) is 45.7 Å². The number of aryl methyl sites for hydroxylation is 2. The third-order valence-electron chi connectivity index (χ3n) is 5.81. The van der Waals surface area contributed by atoms with Gasteiger partial charge in [0.05, 0.1) is 12.3 Å². The van der Waals surface area contributed by atoms with Gasteiger partial charge in [0.2, 0.25) is 0 Å². The van der Waals surface area contributed by atoms with Crippen LogP contribution in [0.15, 0.2) is 84.4 Å². The summed E-state index contributed by atoms with van der Waals surface area (Å²) in [5.41, 5.74) is 13.2. The molecular weight excluding hydrogens is 501 g/mol. The maximum atomic E-state index is 6.57. The van der Waals surface area contributed by atoms with Gasteiger partial charge in [-0.15, -0.1) is 20.6 Å². The van der Waals surface area contributed by atoms with Crippen LogP contribution in [-0.2, 0) is 6.54 Å². The molecule has 0 aliphatic heterocycles. The van der Waals surface area contributed by atoms with Crippen LogP contribution in [-0.4, -0.2) is 18.4 Å². The molecule has 0 fully saturated rings. The van der Waals surface area contributed by atoms with E-state index in [9.17, 15) is 0 Å². The second kappa shape index (κ2) is 11.9. The number of hydrogen-bond acceptors (Lipinski definition) is 4. The van der Waals surface area contributed by atoms with E-state index in [-0.39, 0.29) is 0 Å². The van der Waals surface area contributed by atoms with Crippen molar-refractivity contribution in [3.63, 3.8) is 0 Å². The lowest BCUT2D eigenvalue weighted by Gasteiger charge is -2.09. The van der Waals surface area contributed by atoms with Crippen molar-refractivity contribution >= 4 is 60.1 Å². The van der Waals surface area contributed by atoms with Crippen LogP contribution in [0, 0.1) is 13.8 Å². The highest BCUT2D eigenvalue weighted by atomic mass is 35.5. The molecule has 3 nitrogen and oxygen atoms in total. The molecule has 184 valence electrons. The summed E-state index contributed by atoms with van der Waals surface area (Å²) in [5, 5.41) is 6.40. The Kier molecular flexibility index (Phi) is 8.64. The van der Waals surface area contributed by atoms with Gasteiger partial charge in [0.25, 0.3) is 0 Å². The molecule has 0 spiro atoms. The van der Waals surface area contributed by atoms with Gasteiger partial charge in [-0.25, -0.2) is 0 Å². The number of aliphatic imine (C=N–C) groups is 1. The summed E-state index contributed by atoms with van der Waals surface area (Å²) < 4.78 is 0. The van der Waals surface area contributed by atoms with E-state index in [1.807, 2.05) is 31.2 Å². The first-order chi connectivity index (χ1) is 17.3. The minimum Gasteiger partial charge on any atom is -0.398 e. The zero-order valence-corrected chi connectivity index (χ0v) is 23.4. The molecule has 1 aromatic heterocycles. The molecule has 1 unspecified atom stereocenters. The van der Waals surface area contributed by atoms with Gasteiger partial charge in [-0.1, -0.05) is 54.1 Å². The Balaban J connectivity index is 1.70. The number of benzene rings is 3. The molecule has 1 atom stereocenters. The predicted octanol–water partition coefficient (Wildman–Crippen LogP) is 7.60. The third-order valence-corrected chi connectivity index (χ3v) is 7.44. The topological polar surface area (TPSA) is 50.4 Å². The zero-order chi connectivity index (χ0) is 25.7. The Morgan fingerprint density at radius 3 is 2.56 bits per heavy atom. The van der Waals surface area contributed by atoms with Crippen molar-refractivity contribution in [2.75, 3.05) is 12.7 Å². The highest BCUT2D eigenvalue weighted by Crippen LogP contribution is 2.25. The first-order valence-electron chi connectivity index (χ1n) is 11.8. The Hall–Kier alpha value is -2.91. The molecule has 0 saturated carbocycles. The molecule has 0 aliphatic carbocycles. The zero-order valence-electron chi connectivity index (χ0n) is 20.6. The lowest BCUT2D eigenvalue weighted by Crippen LogP contribution is -2.12. The number of nitrogens with zero attached hydrogens (tertiary/aromatic N) is 1. The van der Waals surface area contributed by atoms with E-state index in [1.54, 1.807) is 11.3 Å². The summed E-state index contributed by atoms with van der Waals surface area (Å²) >= 11 is 8.01. The average Bonchev–Trinajstić information content (AvgIpc) is 3.33. The van der Waals surface area contributed by atoms with Gasteiger partial charge in [0.15, 0.2) is 0 Å². The Morgan fingerprint density at radius 1 is 1.00 bits per heavy atom. The fraction of sp³-hybridized carbons (Fsp3) is 0.167. The molecule has 0 saturated heterocycles. The number of nitrogens with two attached hydrogens (primary N) is 1. The standard InChI is InChI=1S/C30H31ClN3PS/c1-19-4-5-23-15-24(7-6-22(23)12-19)29(17-28(32)25-13-20(2)14-26(31)16-25)34-18-27-8-9-30(36-27)21(3)33-10-11-35/h4-9,12-17,33H,3,10-11,18,32,35H2,1-2H3. The maximum absolute atomic E-state index is 6.57. The van der Waals surface area contributed by atoms with Crippen LogP contribution in [0.2, 0.25) is 5.02 Å². The summed E-state index contributed by atoms with van der Waals surface area (Å²) in [6.45, 7) is 9.72.